The topological polar surface area (TPSA) is 47.1 Å². The first-order chi connectivity index (χ1) is 10.5. The number of oxazole rings is 1. The Hall–Kier alpha value is -1.62. The lowest BCUT2D eigenvalue weighted by Crippen LogP contribution is -2.42. The lowest BCUT2D eigenvalue weighted by atomic mass is 10.0. The number of hydrogen-bond acceptors (Lipinski definition) is 4. The highest BCUT2D eigenvalue weighted by atomic mass is 16.4. The van der Waals surface area contributed by atoms with E-state index in [1.807, 2.05) is 13.8 Å². The van der Waals surface area contributed by atoms with Crippen LogP contribution in [0.1, 0.15) is 48.0 Å². The Morgan fingerprint density at radius 2 is 2.05 bits per heavy atom. The number of nitrogens with zero attached hydrogens (tertiary/aromatic N) is 4. The van der Waals surface area contributed by atoms with E-state index in [-0.39, 0.29) is 0 Å². The van der Waals surface area contributed by atoms with Crippen molar-refractivity contribution in [3.8, 4) is 0 Å². The van der Waals surface area contributed by atoms with Gasteiger partial charge >= 0.3 is 0 Å². The van der Waals surface area contributed by atoms with Gasteiger partial charge in [0.25, 0.3) is 0 Å². The average molecular weight is 302 g/mol. The molecule has 0 radical (unpaired) electrons. The molecule has 22 heavy (non-hydrogen) atoms. The maximum Gasteiger partial charge on any atom is 0.208 e. The summed E-state index contributed by atoms with van der Waals surface area (Å²) in [5.74, 6) is 1.78. The Morgan fingerprint density at radius 1 is 1.23 bits per heavy atom. The lowest BCUT2D eigenvalue weighted by Gasteiger charge is -2.35. The van der Waals surface area contributed by atoms with E-state index < -0.39 is 0 Å². The molecule has 0 aromatic carbocycles. The van der Waals surface area contributed by atoms with Crippen LogP contribution in [0.15, 0.2) is 10.5 Å². The first kappa shape index (κ1) is 15.3. The molecule has 0 N–H and O–H groups in total. The van der Waals surface area contributed by atoms with Crippen LogP contribution in [0.3, 0.4) is 0 Å². The number of piperidine rings is 1. The molecular formula is C17H26N4O. The quantitative estimate of drug-likeness (QED) is 0.870. The van der Waals surface area contributed by atoms with Crippen molar-refractivity contribution in [1.82, 2.24) is 19.7 Å². The number of likely N-dealkylation sites (tertiary alicyclic amines) is 1. The number of aryl methyl sites for hydroxylation is 4. The minimum absolute atomic E-state index is 0.513. The van der Waals surface area contributed by atoms with Gasteiger partial charge in [-0.1, -0.05) is 6.42 Å². The SMILES string of the molecule is Cc1cc(C)n(C[C@@H]2CCCCN2Cc2nc(C)c(C)o2)n1. The summed E-state index contributed by atoms with van der Waals surface area (Å²) < 4.78 is 7.91. The highest BCUT2D eigenvalue weighted by Gasteiger charge is 2.25. The molecule has 3 heterocycles. The first-order valence-corrected chi connectivity index (χ1v) is 8.21. The molecule has 0 aliphatic carbocycles. The van der Waals surface area contributed by atoms with Crippen molar-refractivity contribution in [3.05, 3.63) is 34.8 Å². The molecule has 5 nitrogen and oxygen atoms in total. The van der Waals surface area contributed by atoms with Gasteiger partial charge in [-0.25, -0.2) is 4.98 Å². The summed E-state index contributed by atoms with van der Waals surface area (Å²) in [7, 11) is 0. The van der Waals surface area contributed by atoms with Crippen LogP contribution >= 0.6 is 0 Å². The van der Waals surface area contributed by atoms with Crippen LogP contribution in [0.5, 0.6) is 0 Å². The van der Waals surface area contributed by atoms with Crippen LogP contribution in [-0.4, -0.2) is 32.3 Å². The highest BCUT2D eigenvalue weighted by Crippen LogP contribution is 2.22. The molecular weight excluding hydrogens is 276 g/mol. The molecule has 1 aliphatic heterocycles. The van der Waals surface area contributed by atoms with E-state index in [0.717, 1.165) is 42.7 Å². The zero-order valence-corrected chi connectivity index (χ0v) is 14.1. The zero-order valence-electron chi connectivity index (χ0n) is 14.1. The van der Waals surface area contributed by atoms with Crippen molar-refractivity contribution in [3.63, 3.8) is 0 Å². The van der Waals surface area contributed by atoms with Gasteiger partial charge in [-0.05, 0) is 53.1 Å². The van der Waals surface area contributed by atoms with E-state index in [1.165, 1.54) is 25.0 Å². The van der Waals surface area contributed by atoms with Gasteiger partial charge in [0.05, 0.1) is 24.5 Å². The predicted octanol–water partition coefficient (Wildman–Crippen LogP) is 3.16. The van der Waals surface area contributed by atoms with Crippen molar-refractivity contribution in [2.45, 2.75) is 66.1 Å². The van der Waals surface area contributed by atoms with Crippen LogP contribution in [0, 0.1) is 27.7 Å². The van der Waals surface area contributed by atoms with Crippen molar-refractivity contribution in [2.75, 3.05) is 6.54 Å². The zero-order chi connectivity index (χ0) is 15.7. The summed E-state index contributed by atoms with van der Waals surface area (Å²) in [4.78, 5) is 7.04. The molecule has 1 fully saturated rings. The van der Waals surface area contributed by atoms with E-state index in [9.17, 15) is 0 Å². The normalized spacial score (nSPS) is 19.7. The van der Waals surface area contributed by atoms with E-state index >= 15 is 0 Å². The fraction of sp³-hybridized carbons (Fsp3) is 0.647. The predicted molar refractivity (Wildman–Crippen MR) is 85.7 cm³/mol. The molecule has 2 aromatic rings. The summed E-state index contributed by atoms with van der Waals surface area (Å²) in [5.41, 5.74) is 3.34. The molecule has 120 valence electrons. The van der Waals surface area contributed by atoms with Gasteiger partial charge in [0.15, 0.2) is 0 Å². The summed E-state index contributed by atoms with van der Waals surface area (Å²) in [5, 5.41) is 4.61. The molecule has 0 amide bonds. The Kier molecular flexibility index (Phi) is 4.34. The summed E-state index contributed by atoms with van der Waals surface area (Å²) in [6.45, 7) is 11.1. The Bertz CT molecular complexity index is 624. The van der Waals surface area contributed by atoms with Gasteiger partial charge in [0.2, 0.25) is 5.89 Å². The summed E-state index contributed by atoms with van der Waals surface area (Å²) >= 11 is 0. The Balaban J connectivity index is 1.72. The van der Waals surface area contributed by atoms with Gasteiger partial charge < -0.3 is 4.42 Å². The number of aromatic nitrogens is 3. The standard InChI is InChI=1S/C17H26N4O/c1-12-9-13(2)21(19-12)10-16-7-5-6-8-20(16)11-17-18-14(3)15(4)22-17/h9,16H,5-8,10-11H2,1-4H3/t16-/m0/s1. The van der Waals surface area contributed by atoms with Crippen molar-refractivity contribution < 1.29 is 4.42 Å². The van der Waals surface area contributed by atoms with Gasteiger partial charge in [-0.2, -0.15) is 5.10 Å². The Morgan fingerprint density at radius 3 is 2.68 bits per heavy atom. The summed E-state index contributed by atoms with van der Waals surface area (Å²) in [6.07, 6.45) is 3.77. The maximum absolute atomic E-state index is 5.77. The van der Waals surface area contributed by atoms with E-state index in [2.05, 4.69) is 39.6 Å². The molecule has 0 spiro atoms. The van der Waals surface area contributed by atoms with Gasteiger partial charge in [-0.15, -0.1) is 0 Å². The molecule has 0 bridgehead atoms. The fourth-order valence-electron chi connectivity index (χ4n) is 3.31. The van der Waals surface area contributed by atoms with E-state index in [0.29, 0.717) is 6.04 Å². The first-order valence-electron chi connectivity index (χ1n) is 8.21. The van der Waals surface area contributed by atoms with Crippen LogP contribution in [0.25, 0.3) is 0 Å². The lowest BCUT2D eigenvalue weighted by molar-refractivity contribution is 0.110. The molecule has 0 saturated carbocycles. The third-order valence-electron chi connectivity index (χ3n) is 4.65. The molecule has 1 aliphatic rings. The van der Waals surface area contributed by atoms with Crippen molar-refractivity contribution in [2.24, 2.45) is 0 Å². The second-order valence-corrected chi connectivity index (χ2v) is 6.48. The highest BCUT2D eigenvalue weighted by molar-refractivity contribution is 5.07. The van der Waals surface area contributed by atoms with E-state index in [1.54, 1.807) is 0 Å². The van der Waals surface area contributed by atoms with Crippen LogP contribution in [0.2, 0.25) is 0 Å². The monoisotopic (exact) mass is 302 g/mol. The van der Waals surface area contributed by atoms with Crippen LogP contribution < -0.4 is 0 Å². The number of hydrogen-bond donors (Lipinski definition) is 0. The molecule has 0 unspecified atom stereocenters. The molecule has 1 saturated heterocycles. The van der Waals surface area contributed by atoms with Gasteiger partial charge in [-0.3, -0.25) is 9.58 Å². The summed E-state index contributed by atoms with van der Waals surface area (Å²) in [6, 6.07) is 2.66. The third-order valence-corrected chi connectivity index (χ3v) is 4.65. The second kappa shape index (κ2) is 6.24. The molecule has 1 atom stereocenters. The smallest absolute Gasteiger partial charge is 0.208 e. The van der Waals surface area contributed by atoms with Gasteiger partial charge in [0.1, 0.15) is 5.76 Å². The fourth-order valence-corrected chi connectivity index (χ4v) is 3.31. The minimum Gasteiger partial charge on any atom is -0.444 e. The van der Waals surface area contributed by atoms with E-state index in [4.69, 9.17) is 4.42 Å². The minimum atomic E-state index is 0.513. The molecule has 5 heteroatoms. The maximum atomic E-state index is 5.77. The van der Waals surface area contributed by atoms with Gasteiger partial charge in [0, 0.05) is 11.7 Å². The largest absolute Gasteiger partial charge is 0.444 e. The average Bonchev–Trinajstić information content (AvgIpc) is 2.94. The van der Waals surface area contributed by atoms with Crippen molar-refractivity contribution >= 4 is 0 Å². The third kappa shape index (κ3) is 3.24. The van der Waals surface area contributed by atoms with Crippen LogP contribution in [0.4, 0.5) is 0 Å². The van der Waals surface area contributed by atoms with Crippen molar-refractivity contribution in [1.29, 1.82) is 0 Å². The molecule has 2 aromatic heterocycles. The number of rotatable bonds is 4. The Labute approximate surface area is 132 Å². The molecule has 3 rings (SSSR count). The second-order valence-electron chi connectivity index (χ2n) is 6.48. The van der Waals surface area contributed by atoms with Crippen LogP contribution in [-0.2, 0) is 13.1 Å².